The van der Waals surface area contributed by atoms with E-state index in [1.807, 2.05) is 41.3 Å². The zero-order chi connectivity index (χ0) is 27.4. The Morgan fingerprint density at radius 3 is 2.51 bits per heavy atom. The topological polar surface area (TPSA) is 99.2 Å². The Balaban J connectivity index is 1.22. The molecule has 6 rings (SSSR count). The van der Waals surface area contributed by atoms with Crippen molar-refractivity contribution in [1.82, 2.24) is 4.98 Å². The Bertz CT molecular complexity index is 1450. The molecule has 1 amide bonds. The average Bonchev–Trinajstić information content (AvgIpc) is 3.60. The summed E-state index contributed by atoms with van der Waals surface area (Å²) >= 11 is 0. The number of methoxy groups -OCH3 is 1. The molecule has 0 spiro atoms. The Hall–Kier alpha value is -4.41. The molecule has 3 aliphatic rings. The second kappa shape index (κ2) is 9.11. The van der Waals surface area contributed by atoms with Crippen molar-refractivity contribution in [3.8, 4) is 17.2 Å². The minimum Gasteiger partial charge on any atom is -0.492 e. The van der Waals surface area contributed by atoms with E-state index in [9.17, 15) is 18.4 Å². The lowest BCUT2D eigenvalue weighted by Gasteiger charge is -2.22. The van der Waals surface area contributed by atoms with E-state index in [0.717, 1.165) is 5.56 Å². The Labute approximate surface area is 222 Å². The molecule has 0 radical (unpaired) electrons. The number of hydrogen-bond donors (Lipinski definition) is 1. The van der Waals surface area contributed by atoms with Crippen LogP contribution in [0.1, 0.15) is 24.0 Å². The number of anilines is 2. The summed E-state index contributed by atoms with van der Waals surface area (Å²) in [5.41, 5.74) is 0.249. The molecular weight excluding hydrogens is 512 g/mol. The number of amides is 1. The van der Waals surface area contributed by atoms with Gasteiger partial charge in [0.2, 0.25) is 5.91 Å². The van der Waals surface area contributed by atoms with Crippen LogP contribution in [-0.4, -0.2) is 50.0 Å². The Morgan fingerprint density at radius 2 is 1.77 bits per heavy atom. The second-order valence-corrected chi connectivity index (χ2v) is 9.97. The van der Waals surface area contributed by atoms with Crippen molar-refractivity contribution in [3.63, 3.8) is 0 Å². The molecule has 3 aliphatic heterocycles. The first-order valence-corrected chi connectivity index (χ1v) is 12.4. The van der Waals surface area contributed by atoms with Gasteiger partial charge in [0.15, 0.2) is 11.5 Å². The van der Waals surface area contributed by atoms with Crippen LogP contribution in [0.15, 0.2) is 60.7 Å². The normalized spacial score (nSPS) is 24.2. The third kappa shape index (κ3) is 4.37. The predicted octanol–water partition coefficient (Wildman–Crippen LogP) is 4.08. The lowest BCUT2D eigenvalue weighted by atomic mass is 9.83. The number of hydrogen-bond acceptors (Lipinski definition) is 8. The number of aromatic nitrogens is 1. The van der Waals surface area contributed by atoms with Crippen LogP contribution < -0.4 is 24.4 Å². The van der Waals surface area contributed by atoms with Crippen LogP contribution in [0.3, 0.4) is 0 Å². The SMILES string of the molecule is COC(=O)[C@H]1CN(c2cccc(NC(=O)[C@@]3(C)COc4cc5c(cc43)OC(F)(F)O5)n2)C[C@@H]1c1ccccc1. The number of fused-ring (bicyclic) bond motifs is 2. The molecule has 3 atom stereocenters. The fraction of sp³-hybridized carbons (Fsp3) is 0.321. The molecule has 0 unspecified atom stereocenters. The quantitative estimate of drug-likeness (QED) is 0.486. The minimum absolute atomic E-state index is 0.00116. The number of carbonyl (C=O) groups is 2. The summed E-state index contributed by atoms with van der Waals surface area (Å²) in [6.45, 7) is 2.61. The number of pyridine rings is 1. The molecular formula is C28H25F2N3O6. The van der Waals surface area contributed by atoms with Gasteiger partial charge in [-0.15, -0.1) is 8.78 Å². The number of esters is 1. The summed E-state index contributed by atoms with van der Waals surface area (Å²) < 4.78 is 46.8. The number of ether oxygens (including phenoxy) is 4. The summed E-state index contributed by atoms with van der Waals surface area (Å²) in [5, 5.41) is 2.83. The Kier molecular flexibility index (Phi) is 5.81. The standard InChI is InChI=1S/C28H25F2N3O6/c1-27(15-37-20-12-22-21(11-19(20)27)38-28(29,30)39-22)26(35)32-23-9-6-10-24(31-23)33-13-17(16-7-4-3-5-8-16)18(14-33)25(34)36-2/h3-12,17-18H,13-15H2,1-2H3,(H,31,32,35)/t17-,18+,27+/m1/s1. The van der Waals surface area contributed by atoms with Gasteiger partial charge >= 0.3 is 12.3 Å². The van der Waals surface area contributed by atoms with Gasteiger partial charge in [-0.25, -0.2) is 4.98 Å². The average molecular weight is 538 g/mol. The van der Waals surface area contributed by atoms with Crippen molar-refractivity contribution < 1.29 is 37.3 Å². The predicted molar refractivity (Wildman–Crippen MR) is 135 cm³/mol. The fourth-order valence-electron chi connectivity index (χ4n) is 5.36. The summed E-state index contributed by atoms with van der Waals surface area (Å²) in [7, 11) is 1.38. The van der Waals surface area contributed by atoms with E-state index in [1.165, 1.54) is 19.2 Å². The van der Waals surface area contributed by atoms with Gasteiger partial charge in [-0.1, -0.05) is 36.4 Å². The number of nitrogens with one attached hydrogen (secondary N) is 1. The number of halogens is 2. The van der Waals surface area contributed by atoms with Gasteiger partial charge in [0.1, 0.15) is 29.4 Å². The number of alkyl halides is 2. The van der Waals surface area contributed by atoms with Crippen LogP contribution in [0.2, 0.25) is 0 Å². The van der Waals surface area contributed by atoms with E-state index in [-0.39, 0.29) is 41.7 Å². The summed E-state index contributed by atoms with van der Waals surface area (Å²) in [4.78, 5) is 32.7. The van der Waals surface area contributed by atoms with E-state index in [4.69, 9.17) is 9.47 Å². The van der Waals surface area contributed by atoms with Crippen LogP contribution in [0, 0.1) is 5.92 Å². The number of rotatable bonds is 5. The van der Waals surface area contributed by atoms with Crippen molar-refractivity contribution in [1.29, 1.82) is 0 Å². The van der Waals surface area contributed by atoms with Crippen molar-refractivity contribution in [2.24, 2.45) is 5.92 Å². The van der Waals surface area contributed by atoms with Gasteiger partial charge in [-0.05, 0) is 30.7 Å². The van der Waals surface area contributed by atoms with Crippen molar-refractivity contribution >= 4 is 23.5 Å². The maximum Gasteiger partial charge on any atom is 0.586 e. The van der Waals surface area contributed by atoms with Crippen LogP contribution in [-0.2, 0) is 19.7 Å². The molecule has 4 heterocycles. The second-order valence-electron chi connectivity index (χ2n) is 9.97. The smallest absolute Gasteiger partial charge is 0.492 e. The van der Waals surface area contributed by atoms with E-state index in [0.29, 0.717) is 30.3 Å². The van der Waals surface area contributed by atoms with Gasteiger partial charge < -0.3 is 29.2 Å². The highest BCUT2D eigenvalue weighted by atomic mass is 19.3. The lowest BCUT2D eigenvalue weighted by Crippen LogP contribution is -2.39. The highest BCUT2D eigenvalue weighted by Gasteiger charge is 2.49. The Morgan fingerprint density at radius 1 is 1.03 bits per heavy atom. The number of nitrogens with zero attached hydrogens (tertiary/aromatic N) is 2. The molecule has 11 heteroatoms. The van der Waals surface area contributed by atoms with Gasteiger partial charge in [-0.2, -0.15) is 0 Å². The molecule has 2 aromatic carbocycles. The molecule has 1 aromatic heterocycles. The van der Waals surface area contributed by atoms with Crippen molar-refractivity contribution in [3.05, 3.63) is 71.8 Å². The van der Waals surface area contributed by atoms with Crippen LogP contribution in [0.5, 0.6) is 17.2 Å². The third-order valence-electron chi connectivity index (χ3n) is 7.47. The van der Waals surface area contributed by atoms with Crippen LogP contribution in [0.25, 0.3) is 0 Å². The van der Waals surface area contributed by atoms with Crippen LogP contribution >= 0.6 is 0 Å². The third-order valence-corrected chi connectivity index (χ3v) is 7.47. The molecule has 202 valence electrons. The lowest BCUT2D eigenvalue weighted by molar-refractivity contribution is -0.286. The number of carbonyl (C=O) groups excluding carboxylic acids is 2. The zero-order valence-corrected chi connectivity index (χ0v) is 21.1. The largest absolute Gasteiger partial charge is 0.586 e. The number of benzene rings is 2. The van der Waals surface area contributed by atoms with Gasteiger partial charge in [-0.3, -0.25) is 9.59 Å². The van der Waals surface area contributed by atoms with E-state index in [2.05, 4.69) is 19.8 Å². The maximum atomic E-state index is 13.5. The molecule has 9 nitrogen and oxygen atoms in total. The molecule has 3 aromatic rings. The maximum absolute atomic E-state index is 13.5. The molecule has 1 N–H and O–H groups in total. The van der Waals surface area contributed by atoms with Crippen molar-refractivity contribution in [2.45, 2.75) is 24.6 Å². The molecule has 0 bridgehead atoms. The molecule has 1 fully saturated rings. The highest BCUT2D eigenvalue weighted by molar-refractivity contribution is 5.99. The van der Waals surface area contributed by atoms with E-state index < -0.39 is 17.6 Å². The van der Waals surface area contributed by atoms with Crippen molar-refractivity contribution in [2.75, 3.05) is 37.0 Å². The summed E-state index contributed by atoms with van der Waals surface area (Å²) in [6.07, 6.45) is -3.78. The summed E-state index contributed by atoms with van der Waals surface area (Å²) in [6, 6.07) is 17.7. The molecule has 1 saturated heterocycles. The monoisotopic (exact) mass is 537 g/mol. The van der Waals surface area contributed by atoms with Gasteiger partial charge in [0.25, 0.3) is 0 Å². The summed E-state index contributed by atoms with van der Waals surface area (Å²) in [5.74, 6) is -0.305. The van der Waals surface area contributed by atoms with E-state index >= 15 is 0 Å². The van der Waals surface area contributed by atoms with E-state index in [1.54, 1.807) is 19.1 Å². The zero-order valence-electron chi connectivity index (χ0n) is 21.1. The first kappa shape index (κ1) is 24.9. The first-order valence-electron chi connectivity index (χ1n) is 12.4. The van der Waals surface area contributed by atoms with Crippen LogP contribution in [0.4, 0.5) is 20.4 Å². The highest BCUT2D eigenvalue weighted by Crippen LogP contribution is 2.50. The first-order chi connectivity index (χ1) is 18.7. The molecule has 0 aliphatic carbocycles. The molecule has 39 heavy (non-hydrogen) atoms. The minimum atomic E-state index is -3.78. The van der Waals surface area contributed by atoms with Gasteiger partial charge in [0.05, 0.1) is 13.0 Å². The molecule has 0 saturated carbocycles. The van der Waals surface area contributed by atoms with Gasteiger partial charge in [0, 0.05) is 30.6 Å². The fourth-order valence-corrected chi connectivity index (χ4v) is 5.36.